The number of carbonyl (C=O) groups excluding carboxylic acids is 1. The highest BCUT2D eigenvalue weighted by Crippen LogP contribution is 2.47. The highest BCUT2D eigenvalue weighted by atomic mass is 19.4. The number of hydrogen-bond acceptors (Lipinski definition) is 4. The summed E-state index contributed by atoms with van der Waals surface area (Å²) in [6, 6.07) is 9.48. The van der Waals surface area contributed by atoms with E-state index in [1.807, 2.05) is 30.3 Å². The summed E-state index contributed by atoms with van der Waals surface area (Å²) in [7, 11) is 0. The second-order valence-electron chi connectivity index (χ2n) is 9.17. The van der Waals surface area contributed by atoms with Gasteiger partial charge in [0.05, 0.1) is 13.2 Å². The highest BCUT2D eigenvalue weighted by molar-refractivity contribution is 5.84. The molecule has 1 unspecified atom stereocenters. The van der Waals surface area contributed by atoms with E-state index in [1.165, 1.54) is 4.90 Å². The number of ether oxygens (including phenoxy) is 1. The van der Waals surface area contributed by atoms with E-state index in [9.17, 15) is 18.0 Å². The van der Waals surface area contributed by atoms with Crippen LogP contribution in [0, 0.1) is 11.3 Å². The topological polar surface area (TPSA) is 36.0 Å². The largest absolute Gasteiger partial charge is 0.404 e. The molecule has 0 N–H and O–H groups in total. The van der Waals surface area contributed by atoms with Gasteiger partial charge in [0.25, 0.3) is 0 Å². The van der Waals surface area contributed by atoms with Crippen molar-refractivity contribution < 1.29 is 22.7 Å². The van der Waals surface area contributed by atoms with Crippen LogP contribution in [0.1, 0.15) is 24.8 Å². The van der Waals surface area contributed by atoms with Crippen molar-refractivity contribution >= 4 is 5.91 Å². The Morgan fingerprint density at radius 3 is 2.32 bits per heavy atom. The van der Waals surface area contributed by atoms with E-state index < -0.39 is 17.5 Å². The number of halogens is 3. The molecule has 172 valence electrons. The van der Waals surface area contributed by atoms with Crippen LogP contribution in [0.4, 0.5) is 13.2 Å². The number of piperidine rings is 1. The van der Waals surface area contributed by atoms with Gasteiger partial charge in [0, 0.05) is 45.8 Å². The summed E-state index contributed by atoms with van der Waals surface area (Å²) in [5.41, 5.74) is -1.31. The number of rotatable bonds is 5. The molecule has 8 heteroatoms. The second-order valence-corrected chi connectivity index (χ2v) is 9.17. The molecular weight excluding hydrogens is 407 g/mol. The summed E-state index contributed by atoms with van der Waals surface area (Å²) in [5.74, 6) is -0.289. The summed E-state index contributed by atoms with van der Waals surface area (Å²) in [6.45, 7) is 5.56. The van der Waals surface area contributed by atoms with Gasteiger partial charge < -0.3 is 9.64 Å². The Hall–Kier alpha value is -1.64. The average Bonchev–Trinajstić information content (AvgIpc) is 3.20. The Balaban J connectivity index is 1.37. The molecule has 0 aliphatic carbocycles. The molecule has 1 atom stereocenters. The van der Waals surface area contributed by atoms with E-state index in [1.54, 1.807) is 4.90 Å². The summed E-state index contributed by atoms with van der Waals surface area (Å²) in [6.07, 6.45) is -3.16. The molecule has 31 heavy (non-hydrogen) atoms. The average molecular weight is 440 g/mol. The monoisotopic (exact) mass is 439 g/mol. The molecule has 1 amide bonds. The molecule has 0 saturated carbocycles. The molecule has 3 saturated heterocycles. The van der Waals surface area contributed by atoms with Crippen LogP contribution >= 0.6 is 0 Å². The lowest BCUT2D eigenvalue weighted by molar-refractivity contribution is -0.224. The Labute approximate surface area is 182 Å². The van der Waals surface area contributed by atoms with Gasteiger partial charge in [0.2, 0.25) is 5.91 Å². The van der Waals surface area contributed by atoms with Crippen molar-refractivity contribution in [2.45, 2.75) is 32.0 Å². The number of benzene rings is 1. The first-order chi connectivity index (χ1) is 14.9. The third-order valence-electron chi connectivity index (χ3n) is 7.07. The van der Waals surface area contributed by atoms with Gasteiger partial charge in [-0.3, -0.25) is 14.6 Å². The van der Waals surface area contributed by atoms with Crippen molar-refractivity contribution in [2.24, 2.45) is 11.3 Å². The molecule has 3 heterocycles. The van der Waals surface area contributed by atoms with Gasteiger partial charge in [-0.2, -0.15) is 13.2 Å². The van der Waals surface area contributed by atoms with Crippen molar-refractivity contribution in [1.82, 2.24) is 14.7 Å². The Bertz CT molecular complexity index is 731. The first kappa shape index (κ1) is 22.6. The smallest absolute Gasteiger partial charge is 0.379 e. The maximum Gasteiger partial charge on any atom is 0.404 e. The van der Waals surface area contributed by atoms with Crippen LogP contribution in [0.2, 0.25) is 0 Å². The van der Waals surface area contributed by atoms with E-state index in [0.717, 1.165) is 51.3 Å². The molecule has 1 aromatic rings. The quantitative estimate of drug-likeness (QED) is 0.707. The number of nitrogens with zero attached hydrogens (tertiary/aromatic N) is 3. The molecular formula is C23H32F3N3O2. The number of morpholine rings is 1. The lowest BCUT2D eigenvalue weighted by atomic mass is 9.83. The maximum absolute atomic E-state index is 14.2. The molecule has 3 aliphatic rings. The fourth-order valence-corrected chi connectivity index (χ4v) is 5.16. The molecule has 0 radical (unpaired) electrons. The highest BCUT2D eigenvalue weighted by Gasteiger charge is 2.64. The van der Waals surface area contributed by atoms with Crippen LogP contribution in [-0.4, -0.2) is 85.8 Å². The Morgan fingerprint density at radius 2 is 1.68 bits per heavy atom. The van der Waals surface area contributed by atoms with Crippen LogP contribution in [0.3, 0.4) is 0 Å². The van der Waals surface area contributed by atoms with Gasteiger partial charge in [-0.05, 0) is 37.3 Å². The van der Waals surface area contributed by atoms with Crippen molar-refractivity contribution in [3.05, 3.63) is 35.9 Å². The fraction of sp³-hybridized carbons (Fsp3) is 0.696. The van der Waals surface area contributed by atoms with Crippen LogP contribution < -0.4 is 0 Å². The van der Waals surface area contributed by atoms with Crippen molar-refractivity contribution in [3.8, 4) is 0 Å². The van der Waals surface area contributed by atoms with Crippen LogP contribution in [0.5, 0.6) is 0 Å². The third-order valence-corrected chi connectivity index (χ3v) is 7.07. The normalized spacial score (nSPS) is 27.0. The van der Waals surface area contributed by atoms with E-state index >= 15 is 0 Å². The molecule has 0 aromatic heterocycles. The molecule has 0 bridgehead atoms. The lowest BCUT2D eigenvalue weighted by Gasteiger charge is -2.40. The zero-order valence-corrected chi connectivity index (χ0v) is 17.9. The Kier molecular flexibility index (Phi) is 6.89. The summed E-state index contributed by atoms with van der Waals surface area (Å²) in [4.78, 5) is 18.8. The molecule has 5 nitrogen and oxygen atoms in total. The van der Waals surface area contributed by atoms with E-state index in [4.69, 9.17) is 4.74 Å². The number of amides is 1. The van der Waals surface area contributed by atoms with Crippen LogP contribution in [0.15, 0.2) is 30.3 Å². The predicted molar refractivity (Wildman–Crippen MR) is 111 cm³/mol. The summed E-state index contributed by atoms with van der Waals surface area (Å²) in [5, 5.41) is 0. The Morgan fingerprint density at radius 1 is 1.00 bits per heavy atom. The number of likely N-dealkylation sites (tertiary alicyclic amines) is 2. The van der Waals surface area contributed by atoms with Gasteiger partial charge in [-0.1, -0.05) is 30.3 Å². The van der Waals surface area contributed by atoms with Crippen molar-refractivity contribution in [3.63, 3.8) is 0 Å². The molecule has 4 rings (SSSR count). The zero-order valence-electron chi connectivity index (χ0n) is 17.9. The first-order valence-electron chi connectivity index (χ1n) is 11.3. The molecule has 3 fully saturated rings. The zero-order chi connectivity index (χ0) is 21.9. The van der Waals surface area contributed by atoms with Gasteiger partial charge in [-0.15, -0.1) is 0 Å². The van der Waals surface area contributed by atoms with E-state index in [2.05, 4.69) is 4.90 Å². The first-order valence-corrected chi connectivity index (χ1v) is 11.3. The van der Waals surface area contributed by atoms with Crippen molar-refractivity contribution in [2.75, 3.05) is 59.0 Å². The van der Waals surface area contributed by atoms with Crippen LogP contribution in [0.25, 0.3) is 0 Å². The number of carbonyl (C=O) groups is 1. The minimum absolute atomic E-state index is 0.157. The molecule has 3 aliphatic heterocycles. The van der Waals surface area contributed by atoms with E-state index in [0.29, 0.717) is 25.6 Å². The van der Waals surface area contributed by atoms with Gasteiger partial charge in [0.1, 0.15) is 0 Å². The summed E-state index contributed by atoms with van der Waals surface area (Å²) < 4.78 is 48.1. The predicted octanol–water partition coefficient (Wildman–Crippen LogP) is 3.01. The minimum atomic E-state index is -4.54. The molecule has 0 spiro atoms. The SMILES string of the molecule is O=C(N1CCC(CN2CCOCC2)CC1)C1(C(F)(F)F)CCN(Cc2ccccc2)C1. The van der Waals surface area contributed by atoms with Crippen molar-refractivity contribution in [1.29, 1.82) is 0 Å². The lowest BCUT2D eigenvalue weighted by Crippen LogP contribution is -2.55. The van der Waals surface area contributed by atoms with E-state index in [-0.39, 0.29) is 19.5 Å². The number of alkyl halides is 3. The standard InChI is InChI=1S/C23H32F3N3O2/c24-23(25,26)22(8-11-28(18-22)17-19-4-2-1-3-5-19)21(30)29-9-6-20(7-10-29)16-27-12-14-31-15-13-27/h1-5,20H,6-18H2. The third kappa shape index (κ3) is 5.07. The minimum Gasteiger partial charge on any atom is -0.379 e. The summed E-state index contributed by atoms with van der Waals surface area (Å²) >= 11 is 0. The molecule has 1 aromatic carbocycles. The van der Waals surface area contributed by atoms with Gasteiger partial charge >= 0.3 is 6.18 Å². The maximum atomic E-state index is 14.2. The second kappa shape index (κ2) is 9.46. The van der Waals surface area contributed by atoms with Gasteiger partial charge in [-0.25, -0.2) is 0 Å². The van der Waals surface area contributed by atoms with Crippen LogP contribution in [-0.2, 0) is 16.1 Å². The fourth-order valence-electron chi connectivity index (χ4n) is 5.16. The van der Waals surface area contributed by atoms with Gasteiger partial charge in [0.15, 0.2) is 5.41 Å². The number of hydrogen-bond donors (Lipinski definition) is 0.